The van der Waals surface area contributed by atoms with Gasteiger partial charge in [0.1, 0.15) is 6.10 Å². The summed E-state index contributed by atoms with van der Waals surface area (Å²) in [7, 11) is 1.59. The number of benzene rings is 1. The summed E-state index contributed by atoms with van der Waals surface area (Å²) in [4.78, 5) is 4.27. The Hall–Kier alpha value is -2.73. The van der Waals surface area contributed by atoms with Crippen molar-refractivity contribution in [3.63, 3.8) is 0 Å². The van der Waals surface area contributed by atoms with Crippen LogP contribution in [0.5, 0.6) is 17.4 Å². The molecule has 4 rings (SSSR count). The van der Waals surface area contributed by atoms with E-state index in [2.05, 4.69) is 4.98 Å². The molecule has 25 heavy (non-hydrogen) atoms. The van der Waals surface area contributed by atoms with Gasteiger partial charge in [-0.25, -0.2) is 0 Å². The zero-order valence-corrected chi connectivity index (χ0v) is 13.9. The Morgan fingerprint density at radius 1 is 1.20 bits per heavy atom. The van der Waals surface area contributed by atoms with Gasteiger partial charge < -0.3 is 19.7 Å². The summed E-state index contributed by atoms with van der Waals surface area (Å²) in [5.41, 5.74) is 1.47. The van der Waals surface area contributed by atoms with Crippen LogP contribution in [0.25, 0.3) is 16.6 Å². The molecule has 0 bridgehead atoms. The average Bonchev–Trinajstić information content (AvgIpc) is 3.18. The molecule has 1 aromatic carbocycles. The van der Waals surface area contributed by atoms with Gasteiger partial charge in [0.15, 0.2) is 11.5 Å². The van der Waals surface area contributed by atoms with Crippen LogP contribution in [0.2, 0.25) is 0 Å². The second kappa shape index (κ2) is 6.29. The number of hydrogen-bond donors (Lipinski definition) is 2. The first-order chi connectivity index (χ1) is 12.2. The predicted octanol–water partition coefficient (Wildman–Crippen LogP) is 3.03. The SMILES string of the molecule is COc1ccc(-n2cc3ncccc3c2O)cc1OC1CCC(O)C1. The Morgan fingerprint density at radius 2 is 2.08 bits per heavy atom. The monoisotopic (exact) mass is 340 g/mol. The third kappa shape index (κ3) is 2.89. The molecule has 2 N–H and O–H groups in total. The molecular weight excluding hydrogens is 320 g/mol. The van der Waals surface area contributed by atoms with Gasteiger partial charge in [-0.15, -0.1) is 0 Å². The van der Waals surface area contributed by atoms with Crippen molar-refractivity contribution < 1.29 is 19.7 Å². The van der Waals surface area contributed by atoms with Crippen LogP contribution in [0.1, 0.15) is 19.3 Å². The Labute approximate surface area is 145 Å². The molecule has 2 heterocycles. The summed E-state index contributed by atoms with van der Waals surface area (Å²) in [6.45, 7) is 0. The molecule has 2 aromatic heterocycles. The summed E-state index contributed by atoms with van der Waals surface area (Å²) in [6, 6.07) is 9.12. The minimum Gasteiger partial charge on any atom is -0.494 e. The van der Waals surface area contributed by atoms with E-state index >= 15 is 0 Å². The summed E-state index contributed by atoms with van der Waals surface area (Å²) < 4.78 is 13.1. The topological polar surface area (TPSA) is 76.7 Å². The first kappa shape index (κ1) is 15.8. The van der Waals surface area contributed by atoms with E-state index in [0.29, 0.717) is 23.3 Å². The van der Waals surface area contributed by atoms with Crippen molar-refractivity contribution in [3.8, 4) is 23.1 Å². The summed E-state index contributed by atoms with van der Waals surface area (Å²) in [5, 5.41) is 20.9. The van der Waals surface area contributed by atoms with Crippen LogP contribution in [-0.4, -0.2) is 39.1 Å². The van der Waals surface area contributed by atoms with Crippen LogP contribution < -0.4 is 9.47 Å². The molecular formula is C19H20N2O4. The number of fused-ring (bicyclic) bond motifs is 1. The largest absolute Gasteiger partial charge is 0.494 e. The quantitative estimate of drug-likeness (QED) is 0.763. The van der Waals surface area contributed by atoms with Crippen molar-refractivity contribution in [3.05, 3.63) is 42.7 Å². The maximum absolute atomic E-state index is 10.5. The minimum absolute atomic E-state index is 0.0295. The molecule has 6 heteroatoms. The van der Waals surface area contributed by atoms with Gasteiger partial charge in [-0.05, 0) is 37.1 Å². The maximum Gasteiger partial charge on any atom is 0.205 e. The highest BCUT2D eigenvalue weighted by molar-refractivity contribution is 5.85. The fourth-order valence-corrected chi connectivity index (χ4v) is 3.33. The number of aromatic hydroxyl groups is 1. The summed E-state index contributed by atoms with van der Waals surface area (Å²) in [6.07, 6.45) is 5.34. The van der Waals surface area contributed by atoms with Gasteiger partial charge in [-0.1, -0.05) is 0 Å². The zero-order chi connectivity index (χ0) is 17.4. The lowest BCUT2D eigenvalue weighted by molar-refractivity contribution is 0.147. The van der Waals surface area contributed by atoms with Crippen LogP contribution in [-0.2, 0) is 0 Å². The molecule has 2 atom stereocenters. The van der Waals surface area contributed by atoms with Gasteiger partial charge in [0.05, 0.1) is 29.8 Å². The number of aliphatic hydroxyl groups excluding tert-OH is 1. The molecule has 1 aliphatic rings. The van der Waals surface area contributed by atoms with E-state index in [1.165, 1.54) is 0 Å². The van der Waals surface area contributed by atoms with E-state index in [1.54, 1.807) is 30.1 Å². The molecule has 3 aromatic rings. The van der Waals surface area contributed by atoms with Gasteiger partial charge in [0.2, 0.25) is 5.88 Å². The van der Waals surface area contributed by atoms with Crippen LogP contribution in [0, 0.1) is 0 Å². The number of hydrogen-bond acceptors (Lipinski definition) is 5. The summed E-state index contributed by atoms with van der Waals surface area (Å²) in [5.74, 6) is 1.36. The van der Waals surface area contributed by atoms with Crippen LogP contribution in [0.15, 0.2) is 42.7 Å². The Kier molecular flexibility index (Phi) is 3.97. The van der Waals surface area contributed by atoms with E-state index in [4.69, 9.17) is 9.47 Å². The molecule has 0 aliphatic heterocycles. The van der Waals surface area contributed by atoms with E-state index < -0.39 is 0 Å². The third-order valence-corrected chi connectivity index (χ3v) is 4.63. The molecule has 0 saturated heterocycles. The van der Waals surface area contributed by atoms with Crippen LogP contribution >= 0.6 is 0 Å². The number of nitrogens with zero attached hydrogens (tertiary/aromatic N) is 2. The number of pyridine rings is 1. The smallest absolute Gasteiger partial charge is 0.205 e. The van der Waals surface area contributed by atoms with Crippen molar-refractivity contribution in [1.82, 2.24) is 9.55 Å². The number of ether oxygens (including phenoxy) is 2. The second-order valence-corrected chi connectivity index (χ2v) is 6.30. The van der Waals surface area contributed by atoms with Gasteiger partial charge in [0.25, 0.3) is 0 Å². The Balaban J connectivity index is 1.72. The number of aromatic nitrogens is 2. The Bertz CT molecular complexity index is 906. The van der Waals surface area contributed by atoms with Crippen molar-refractivity contribution in [1.29, 1.82) is 0 Å². The number of aliphatic hydroxyl groups is 1. The molecule has 130 valence electrons. The lowest BCUT2D eigenvalue weighted by Gasteiger charge is -2.17. The zero-order valence-electron chi connectivity index (χ0n) is 13.9. The molecule has 1 saturated carbocycles. The van der Waals surface area contributed by atoms with Gasteiger partial charge in [-0.3, -0.25) is 9.55 Å². The molecule has 2 unspecified atom stereocenters. The predicted molar refractivity (Wildman–Crippen MR) is 93.6 cm³/mol. The van der Waals surface area contributed by atoms with E-state index in [9.17, 15) is 10.2 Å². The van der Waals surface area contributed by atoms with E-state index in [0.717, 1.165) is 24.0 Å². The van der Waals surface area contributed by atoms with Gasteiger partial charge in [-0.2, -0.15) is 0 Å². The fourth-order valence-electron chi connectivity index (χ4n) is 3.33. The lowest BCUT2D eigenvalue weighted by Crippen LogP contribution is -2.14. The van der Waals surface area contributed by atoms with Crippen molar-refractivity contribution in [2.75, 3.05) is 7.11 Å². The van der Waals surface area contributed by atoms with Crippen molar-refractivity contribution in [2.24, 2.45) is 0 Å². The molecule has 0 spiro atoms. The standard InChI is InChI=1S/C19H20N2O4/c1-24-17-7-4-12(9-18(17)25-14-6-5-13(22)10-14)21-11-16-15(19(21)23)3-2-8-20-16/h2-4,7-9,11,13-14,22-23H,5-6,10H2,1H3. The fraction of sp³-hybridized carbons (Fsp3) is 0.316. The van der Waals surface area contributed by atoms with Crippen LogP contribution in [0.4, 0.5) is 0 Å². The second-order valence-electron chi connectivity index (χ2n) is 6.30. The third-order valence-electron chi connectivity index (χ3n) is 4.63. The minimum atomic E-state index is -0.302. The van der Waals surface area contributed by atoms with Gasteiger partial charge in [0, 0.05) is 24.9 Å². The molecule has 6 nitrogen and oxygen atoms in total. The normalized spacial score (nSPS) is 20.1. The highest BCUT2D eigenvalue weighted by Crippen LogP contribution is 2.36. The summed E-state index contributed by atoms with van der Waals surface area (Å²) >= 11 is 0. The number of rotatable bonds is 4. The molecule has 1 aliphatic carbocycles. The Morgan fingerprint density at radius 3 is 2.80 bits per heavy atom. The average molecular weight is 340 g/mol. The highest BCUT2D eigenvalue weighted by atomic mass is 16.5. The number of methoxy groups -OCH3 is 1. The molecule has 0 radical (unpaired) electrons. The maximum atomic E-state index is 10.5. The van der Waals surface area contributed by atoms with Crippen molar-refractivity contribution in [2.45, 2.75) is 31.5 Å². The van der Waals surface area contributed by atoms with E-state index in [1.807, 2.05) is 24.3 Å². The highest BCUT2D eigenvalue weighted by Gasteiger charge is 2.25. The molecule has 1 fully saturated rings. The first-order valence-corrected chi connectivity index (χ1v) is 8.34. The van der Waals surface area contributed by atoms with Crippen molar-refractivity contribution >= 4 is 10.9 Å². The lowest BCUT2D eigenvalue weighted by atomic mass is 10.2. The molecule has 0 amide bonds. The first-order valence-electron chi connectivity index (χ1n) is 8.34. The van der Waals surface area contributed by atoms with E-state index in [-0.39, 0.29) is 18.1 Å². The van der Waals surface area contributed by atoms with Crippen LogP contribution in [0.3, 0.4) is 0 Å². The van der Waals surface area contributed by atoms with Gasteiger partial charge >= 0.3 is 0 Å².